The minimum atomic E-state index is -2.82. The molecule has 1 aromatic carbocycles. The first-order valence-corrected chi connectivity index (χ1v) is 8.35. The first-order chi connectivity index (χ1) is 10.5. The summed E-state index contributed by atoms with van der Waals surface area (Å²) in [5.41, 5.74) is 1.88. The van der Waals surface area contributed by atoms with Gasteiger partial charge in [-0.05, 0) is 12.8 Å². The van der Waals surface area contributed by atoms with Crippen LogP contribution < -0.4 is 0 Å². The lowest BCUT2D eigenvalue weighted by molar-refractivity contribution is 0.0175. The fourth-order valence-corrected chi connectivity index (χ4v) is 3.35. The maximum Gasteiger partial charge on any atom is 0.270 e. The third-order valence-corrected chi connectivity index (χ3v) is 4.73. The van der Waals surface area contributed by atoms with E-state index in [1.807, 2.05) is 0 Å². The lowest BCUT2D eigenvalue weighted by Crippen LogP contribution is -2.06. The van der Waals surface area contributed by atoms with Crippen LogP contribution in [-0.2, 0) is 18.8 Å². The number of aliphatic hydroxyl groups is 1. The standard InChI is InChI=1S/C17H21F2NOS/c1-3-4-5-14-15(10-11-21)22-16(20-14)12-6-8-13(9-7-12)17(2,18)19/h6-9,21H,3-5,10-11H2,1-2H3. The van der Waals surface area contributed by atoms with Crippen molar-refractivity contribution < 1.29 is 13.9 Å². The quantitative estimate of drug-likeness (QED) is 0.793. The van der Waals surface area contributed by atoms with Crippen molar-refractivity contribution >= 4 is 11.3 Å². The second-order valence-electron chi connectivity index (χ2n) is 5.43. The van der Waals surface area contributed by atoms with E-state index in [1.54, 1.807) is 23.5 Å². The van der Waals surface area contributed by atoms with Gasteiger partial charge in [-0.1, -0.05) is 37.6 Å². The Hall–Kier alpha value is -1.33. The highest BCUT2D eigenvalue weighted by molar-refractivity contribution is 7.15. The zero-order chi connectivity index (χ0) is 16.2. The molecule has 0 aliphatic carbocycles. The topological polar surface area (TPSA) is 33.1 Å². The molecule has 0 saturated heterocycles. The zero-order valence-corrected chi connectivity index (χ0v) is 13.7. The van der Waals surface area contributed by atoms with Crippen molar-refractivity contribution in [3.63, 3.8) is 0 Å². The lowest BCUT2D eigenvalue weighted by Gasteiger charge is -2.10. The van der Waals surface area contributed by atoms with Gasteiger partial charge in [-0.3, -0.25) is 0 Å². The molecule has 0 amide bonds. The van der Waals surface area contributed by atoms with Gasteiger partial charge in [0.25, 0.3) is 5.92 Å². The molecule has 1 aromatic heterocycles. The minimum absolute atomic E-state index is 0.00888. The van der Waals surface area contributed by atoms with Gasteiger partial charge in [0.15, 0.2) is 0 Å². The number of thiazole rings is 1. The number of halogens is 2. The third kappa shape index (κ3) is 4.11. The van der Waals surface area contributed by atoms with Crippen LogP contribution in [0.15, 0.2) is 24.3 Å². The molecule has 22 heavy (non-hydrogen) atoms. The van der Waals surface area contributed by atoms with Gasteiger partial charge in [0.1, 0.15) is 5.01 Å². The highest BCUT2D eigenvalue weighted by Crippen LogP contribution is 2.32. The number of unbranched alkanes of at least 4 members (excludes halogenated alkanes) is 1. The van der Waals surface area contributed by atoms with E-state index in [4.69, 9.17) is 0 Å². The number of alkyl halides is 2. The van der Waals surface area contributed by atoms with Crippen molar-refractivity contribution in [2.75, 3.05) is 6.61 Å². The lowest BCUT2D eigenvalue weighted by atomic mass is 10.1. The Bertz CT molecular complexity index is 602. The van der Waals surface area contributed by atoms with Gasteiger partial charge < -0.3 is 5.11 Å². The average Bonchev–Trinajstić information content (AvgIpc) is 2.88. The van der Waals surface area contributed by atoms with Crippen LogP contribution in [-0.4, -0.2) is 16.7 Å². The first kappa shape index (κ1) is 17.0. The second kappa shape index (κ2) is 7.29. The molecular formula is C17H21F2NOS. The fourth-order valence-electron chi connectivity index (χ4n) is 2.25. The number of hydrogen-bond acceptors (Lipinski definition) is 3. The van der Waals surface area contributed by atoms with Crippen molar-refractivity contribution in [1.29, 1.82) is 0 Å². The molecule has 2 rings (SSSR count). The Kier molecular flexibility index (Phi) is 5.64. The molecule has 2 nitrogen and oxygen atoms in total. The third-order valence-electron chi connectivity index (χ3n) is 3.52. The van der Waals surface area contributed by atoms with Crippen molar-refractivity contribution in [3.05, 3.63) is 40.4 Å². The highest BCUT2D eigenvalue weighted by Gasteiger charge is 2.24. The molecule has 0 fully saturated rings. The molecular weight excluding hydrogens is 304 g/mol. The van der Waals surface area contributed by atoms with E-state index < -0.39 is 5.92 Å². The van der Waals surface area contributed by atoms with E-state index in [1.165, 1.54) is 12.1 Å². The van der Waals surface area contributed by atoms with Gasteiger partial charge >= 0.3 is 0 Å². The smallest absolute Gasteiger partial charge is 0.270 e. The SMILES string of the molecule is CCCCc1nc(-c2ccc(C(C)(F)F)cc2)sc1CCO. The number of nitrogens with zero attached hydrogens (tertiary/aromatic N) is 1. The molecule has 0 bridgehead atoms. The molecule has 0 saturated carbocycles. The molecule has 1 N–H and O–H groups in total. The Balaban J connectivity index is 2.28. The number of aryl methyl sites for hydroxylation is 1. The van der Waals surface area contributed by atoms with Crippen molar-refractivity contribution in [1.82, 2.24) is 4.98 Å². The first-order valence-electron chi connectivity index (χ1n) is 7.54. The van der Waals surface area contributed by atoms with Gasteiger partial charge in [-0.25, -0.2) is 13.8 Å². The van der Waals surface area contributed by atoms with E-state index >= 15 is 0 Å². The molecule has 0 unspecified atom stereocenters. The number of aromatic nitrogens is 1. The van der Waals surface area contributed by atoms with Crippen molar-refractivity contribution in [2.24, 2.45) is 0 Å². The van der Waals surface area contributed by atoms with Crippen molar-refractivity contribution in [3.8, 4) is 10.6 Å². The van der Waals surface area contributed by atoms with Crippen LogP contribution in [0.25, 0.3) is 10.6 Å². The molecule has 0 aliphatic rings. The van der Waals surface area contributed by atoms with Crippen LogP contribution in [0.2, 0.25) is 0 Å². The van der Waals surface area contributed by atoms with Crippen LogP contribution in [0.4, 0.5) is 8.78 Å². The largest absolute Gasteiger partial charge is 0.396 e. The van der Waals surface area contributed by atoms with Gasteiger partial charge in [0.2, 0.25) is 0 Å². The van der Waals surface area contributed by atoms with Crippen LogP contribution in [0.5, 0.6) is 0 Å². The molecule has 0 spiro atoms. The summed E-state index contributed by atoms with van der Waals surface area (Å²) in [6.07, 6.45) is 3.64. The predicted octanol–water partition coefficient (Wildman–Crippen LogP) is 4.80. The Morgan fingerprint density at radius 1 is 1.18 bits per heavy atom. The monoisotopic (exact) mass is 325 g/mol. The normalized spacial score (nSPS) is 11.9. The van der Waals surface area contributed by atoms with E-state index in [0.29, 0.717) is 6.42 Å². The number of aliphatic hydroxyl groups excluding tert-OH is 1. The molecule has 0 radical (unpaired) electrons. The van der Waals surface area contributed by atoms with Gasteiger partial charge in [0.05, 0.1) is 5.69 Å². The van der Waals surface area contributed by atoms with Gasteiger partial charge in [-0.2, -0.15) is 0 Å². The summed E-state index contributed by atoms with van der Waals surface area (Å²) in [5, 5.41) is 10.0. The Morgan fingerprint density at radius 2 is 1.86 bits per heavy atom. The molecule has 2 aromatic rings. The summed E-state index contributed by atoms with van der Waals surface area (Å²) in [7, 11) is 0. The van der Waals surface area contributed by atoms with E-state index in [-0.39, 0.29) is 12.2 Å². The van der Waals surface area contributed by atoms with Crippen LogP contribution in [0.3, 0.4) is 0 Å². The summed E-state index contributed by atoms with van der Waals surface area (Å²) < 4.78 is 26.5. The summed E-state index contributed by atoms with van der Waals surface area (Å²) >= 11 is 1.54. The van der Waals surface area contributed by atoms with E-state index in [0.717, 1.165) is 47.3 Å². The molecule has 1 heterocycles. The number of hydrogen-bond donors (Lipinski definition) is 1. The van der Waals surface area contributed by atoms with Crippen LogP contribution in [0, 0.1) is 0 Å². The Morgan fingerprint density at radius 3 is 2.41 bits per heavy atom. The van der Waals surface area contributed by atoms with Crippen molar-refractivity contribution in [2.45, 2.75) is 45.5 Å². The summed E-state index contributed by atoms with van der Waals surface area (Å²) in [5.74, 6) is -2.82. The molecule has 0 aliphatic heterocycles. The maximum atomic E-state index is 13.3. The summed E-state index contributed by atoms with van der Waals surface area (Å²) in [6.45, 7) is 3.12. The van der Waals surface area contributed by atoms with Crippen LogP contribution >= 0.6 is 11.3 Å². The molecule has 0 atom stereocenters. The molecule has 5 heteroatoms. The fraction of sp³-hybridized carbons (Fsp3) is 0.471. The zero-order valence-electron chi connectivity index (χ0n) is 12.9. The summed E-state index contributed by atoms with van der Waals surface area (Å²) in [6, 6.07) is 6.29. The van der Waals surface area contributed by atoms with Gasteiger partial charge in [-0.15, -0.1) is 11.3 Å². The summed E-state index contributed by atoms with van der Waals surface area (Å²) in [4.78, 5) is 5.74. The minimum Gasteiger partial charge on any atom is -0.396 e. The average molecular weight is 325 g/mol. The van der Waals surface area contributed by atoms with Crippen LogP contribution in [0.1, 0.15) is 42.8 Å². The highest BCUT2D eigenvalue weighted by atomic mass is 32.1. The predicted molar refractivity (Wildman–Crippen MR) is 86.5 cm³/mol. The van der Waals surface area contributed by atoms with Gasteiger partial charge in [0, 0.05) is 36.0 Å². The maximum absolute atomic E-state index is 13.3. The Labute approximate surface area is 133 Å². The van der Waals surface area contributed by atoms with E-state index in [2.05, 4.69) is 11.9 Å². The van der Waals surface area contributed by atoms with E-state index in [9.17, 15) is 13.9 Å². The molecule has 120 valence electrons. The second-order valence-corrected chi connectivity index (χ2v) is 6.52. The number of rotatable bonds is 7. The number of benzene rings is 1.